The van der Waals surface area contributed by atoms with Gasteiger partial charge in [0, 0.05) is 17.0 Å². The van der Waals surface area contributed by atoms with E-state index in [-0.39, 0.29) is 5.25 Å². The molecule has 3 nitrogen and oxygen atoms in total. The first-order valence-corrected chi connectivity index (χ1v) is 11.4. The minimum Gasteiger partial charge on any atom is -0.312 e. The monoisotopic (exact) mass is 333 g/mol. The van der Waals surface area contributed by atoms with Crippen molar-refractivity contribution >= 4 is 21.6 Å². The highest BCUT2D eigenvalue weighted by molar-refractivity contribution is 8.00. The lowest BCUT2D eigenvalue weighted by Gasteiger charge is -2.42. The fraction of sp³-hybridized carbons (Fsp3) is 1.00. The number of thioether (sulfide) groups is 1. The summed E-state index contributed by atoms with van der Waals surface area (Å²) in [7, 11) is -2.89. The van der Waals surface area contributed by atoms with Crippen LogP contribution in [0.3, 0.4) is 0 Å². The Bertz CT molecular complexity index is 430. The number of rotatable bonds is 6. The van der Waals surface area contributed by atoms with Crippen LogP contribution in [-0.4, -0.2) is 43.0 Å². The Kier molecular flexibility index (Phi) is 6.06. The summed E-state index contributed by atoms with van der Waals surface area (Å²) >= 11 is 2.09. The van der Waals surface area contributed by atoms with Crippen molar-refractivity contribution in [2.24, 2.45) is 5.92 Å². The van der Waals surface area contributed by atoms with Crippen LogP contribution in [0.1, 0.15) is 58.8 Å². The van der Waals surface area contributed by atoms with Crippen LogP contribution in [0.4, 0.5) is 0 Å². The average Bonchev–Trinajstić information content (AvgIpc) is 2.86. The molecular weight excluding hydrogens is 302 g/mol. The molecule has 2 rings (SSSR count). The predicted octanol–water partition coefficient (Wildman–Crippen LogP) is 3.24. The van der Waals surface area contributed by atoms with Gasteiger partial charge >= 0.3 is 0 Å². The lowest BCUT2D eigenvalue weighted by atomic mass is 9.77. The van der Waals surface area contributed by atoms with Crippen LogP contribution in [0.2, 0.25) is 0 Å². The van der Waals surface area contributed by atoms with Crippen LogP contribution in [0.25, 0.3) is 0 Å². The normalized spacial score (nSPS) is 35.8. The van der Waals surface area contributed by atoms with Gasteiger partial charge in [0.05, 0.1) is 5.25 Å². The molecule has 0 aromatic rings. The maximum absolute atomic E-state index is 11.9. The van der Waals surface area contributed by atoms with Crippen molar-refractivity contribution in [3.63, 3.8) is 0 Å². The van der Waals surface area contributed by atoms with E-state index in [1.54, 1.807) is 0 Å². The van der Waals surface area contributed by atoms with Crippen molar-refractivity contribution in [3.8, 4) is 0 Å². The molecule has 0 aromatic carbocycles. The molecular formula is C16H31NO2S2. The van der Waals surface area contributed by atoms with E-state index >= 15 is 0 Å². The van der Waals surface area contributed by atoms with Crippen molar-refractivity contribution in [1.29, 1.82) is 0 Å². The van der Waals surface area contributed by atoms with Gasteiger partial charge in [-0.3, -0.25) is 0 Å². The number of hydrogen-bond donors (Lipinski definition) is 1. The Hall–Kier alpha value is 0.260. The Balaban J connectivity index is 2.12. The highest BCUT2D eigenvalue weighted by atomic mass is 32.2. The van der Waals surface area contributed by atoms with Gasteiger partial charge in [-0.25, -0.2) is 8.42 Å². The summed E-state index contributed by atoms with van der Waals surface area (Å²) in [6.07, 6.45) is 9.08. The van der Waals surface area contributed by atoms with Gasteiger partial charge in [-0.2, -0.15) is 11.8 Å². The minimum absolute atomic E-state index is 0.114. The molecule has 0 spiro atoms. The molecule has 21 heavy (non-hydrogen) atoms. The maximum atomic E-state index is 11.9. The molecule has 0 aromatic heterocycles. The van der Waals surface area contributed by atoms with Gasteiger partial charge in [0.2, 0.25) is 0 Å². The summed E-state index contributed by atoms with van der Waals surface area (Å²) in [4.78, 5) is 0. The summed E-state index contributed by atoms with van der Waals surface area (Å²) in [5.74, 6) is 1.77. The molecule has 1 saturated carbocycles. The van der Waals surface area contributed by atoms with Gasteiger partial charge in [0.25, 0.3) is 0 Å². The molecule has 0 radical (unpaired) electrons. The maximum Gasteiger partial charge on any atom is 0.150 e. The zero-order valence-electron chi connectivity index (χ0n) is 13.7. The third-order valence-electron chi connectivity index (χ3n) is 5.27. The molecule has 0 amide bonds. The standard InChI is InChI=1S/C16H31NO2S2/c1-4-10-17-15(16(2)9-6-11-20-16)13-7-5-8-14(12-13)21(3,18)19/h13-15,17H,4-12H2,1-3H3. The molecule has 2 aliphatic rings. The van der Waals surface area contributed by atoms with Crippen molar-refractivity contribution in [2.45, 2.75) is 74.8 Å². The van der Waals surface area contributed by atoms with E-state index in [9.17, 15) is 8.42 Å². The minimum atomic E-state index is -2.89. The zero-order chi connectivity index (χ0) is 15.5. The lowest BCUT2D eigenvalue weighted by molar-refractivity contribution is 0.230. The average molecular weight is 334 g/mol. The molecule has 4 unspecified atom stereocenters. The van der Waals surface area contributed by atoms with Gasteiger partial charge in [-0.05, 0) is 63.7 Å². The van der Waals surface area contributed by atoms with Crippen molar-refractivity contribution in [1.82, 2.24) is 5.32 Å². The summed E-state index contributed by atoms with van der Waals surface area (Å²) in [5, 5.41) is 3.66. The molecule has 1 N–H and O–H groups in total. The first kappa shape index (κ1) is 17.6. The zero-order valence-corrected chi connectivity index (χ0v) is 15.4. The van der Waals surface area contributed by atoms with E-state index in [4.69, 9.17) is 0 Å². The fourth-order valence-corrected chi connectivity index (χ4v) is 6.79. The third-order valence-corrected chi connectivity index (χ3v) is 8.51. The largest absolute Gasteiger partial charge is 0.312 e. The summed E-state index contributed by atoms with van der Waals surface area (Å²) < 4.78 is 24.2. The smallest absolute Gasteiger partial charge is 0.150 e. The molecule has 1 heterocycles. The molecule has 5 heteroatoms. The van der Waals surface area contributed by atoms with Crippen LogP contribution in [0.5, 0.6) is 0 Å². The van der Waals surface area contributed by atoms with E-state index in [2.05, 4.69) is 30.9 Å². The van der Waals surface area contributed by atoms with Crippen LogP contribution < -0.4 is 5.32 Å². The van der Waals surface area contributed by atoms with E-state index < -0.39 is 9.84 Å². The van der Waals surface area contributed by atoms with Crippen molar-refractivity contribution in [2.75, 3.05) is 18.6 Å². The van der Waals surface area contributed by atoms with E-state index in [1.807, 2.05) is 0 Å². The van der Waals surface area contributed by atoms with Gasteiger partial charge in [-0.1, -0.05) is 13.3 Å². The number of hydrogen-bond acceptors (Lipinski definition) is 4. The second kappa shape index (κ2) is 7.22. The van der Waals surface area contributed by atoms with E-state index in [1.165, 1.54) is 31.3 Å². The molecule has 0 bridgehead atoms. The fourth-order valence-electron chi connectivity index (χ4n) is 4.10. The summed E-state index contributed by atoms with van der Waals surface area (Å²) in [6.45, 7) is 5.64. The summed E-state index contributed by atoms with van der Waals surface area (Å²) in [5.41, 5.74) is 0. The molecule has 2 fully saturated rings. The molecule has 124 valence electrons. The molecule has 1 aliphatic carbocycles. The highest BCUT2D eigenvalue weighted by Gasteiger charge is 2.43. The van der Waals surface area contributed by atoms with Crippen LogP contribution in [0, 0.1) is 5.92 Å². The number of nitrogens with one attached hydrogen (secondary N) is 1. The molecule has 1 aliphatic heterocycles. The van der Waals surface area contributed by atoms with Gasteiger partial charge in [0.15, 0.2) is 0 Å². The van der Waals surface area contributed by atoms with Gasteiger partial charge in [0.1, 0.15) is 9.84 Å². The Morgan fingerprint density at radius 2 is 2.10 bits per heavy atom. The van der Waals surface area contributed by atoms with Crippen molar-refractivity contribution < 1.29 is 8.42 Å². The first-order chi connectivity index (χ1) is 9.87. The Labute approximate surface area is 135 Å². The lowest BCUT2D eigenvalue weighted by Crippen LogP contribution is -2.52. The Morgan fingerprint density at radius 1 is 1.33 bits per heavy atom. The Morgan fingerprint density at radius 3 is 2.67 bits per heavy atom. The van der Waals surface area contributed by atoms with Crippen molar-refractivity contribution in [3.05, 3.63) is 0 Å². The predicted molar refractivity (Wildman–Crippen MR) is 92.8 cm³/mol. The van der Waals surface area contributed by atoms with Crippen LogP contribution in [0.15, 0.2) is 0 Å². The summed E-state index contributed by atoms with van der Waals surface area (Å²) in [6, 6.07) is 0.467. The highest BCUT2D eigenvalue weighted by Crippen LogP contribution is 2.45. The topological polar surface area (TPSA) is 46.2 Å². The second-order valence-corrected chi connectivity index (χ2v) is 11.0. The van der Waals surface area contributed by atoms with Crippen LogP contribution in [-0.2, 0) is 9.84 Å². The molecule has 4 atom stereocenters. The number of sulfone groups is 1. The third kappa shape index (κ3) is 4.38. The van der Waals surface area contributed by atoms with E-state index in [0.717, 1.165) is 32.2 Å². The van der Waals surface area contributed by atoms with Gasteiger partial charge < -0.3 is 5.32 Å². The van der Waals surface area contributed by atoms with E-state index in [0.29, 0.717) is 16.7 Å². The molecule has 1 saturated heterocycles. The van der Waals surface area contributed by atoms with Crippen LogP contribution >= 0.6 is 11.8 Å². The second-order valence-electron chi connectivity index (χ2n) is 7.07. The quantitative estimate of drug-likeness (QED) is 0.810. The SMILES string of the molecule is CCCNC(C1CCCC(S(C)(=O)=O)C1)C1(C)CCCS1. The first-order valence-electron chi connectivity index (χ1n) is 8.43. The van der Waals surface area contributed by atoms with Gasteiger partial charge in [-0.15, -0.1) is 0 Å².